The fourth-order valence-electron chi connectivity index (χ4n) is 3.59. The van der Waals surface area contributed by atoms with Crippen LogP contribution in [0.3, 0.4) is 0 Å². The molecule has 0 amide bonds. The second-order valence-corrected chi connectivity index (χ2v) is 15.0. The summed E-state index contributed by atoms with van der Waals surface area (Å²) < 4.78 is 41.5. The molecule has 33 heavy (non-hydrogen) atoms. The van der Waals surface area contributed by atoms with E-state index in [1.807, 2.05) is 48.5 Å². The molecule has 0 aliphatic carbocycles. The molecular weight excluding hydrogens is 476 g/mol. The molecule has 0 radical (unpaired) electrons. The first-order chi connectivity index (χ1) is 16.0. The van der Waals surface area contributed by atoms with Crippen molar-refractivity contribution in [3.8, 4) is 0 Å². The van der Waals surface area contributed by atoms with E-state index in [2.05, 4.69) is 9.96 Å². The Hall–Kier alpha value is 0.291. The number of hydrogen-bond donors (Lipinski definition) is 2. The van der Waals surface area contributed by atoms with Crippen molar-refractivity contribution in [2.24, 2.45) is 0 Å². The van der Waals surface area contributed by atoms with Crippen LogP contribution in [-0.2, 0) is 31.3 Å². The molecular formula is C21H52N2O7Si3. The Bertz CT molecular complexity index is 375. The Balaban J connectivity index is 4.64. The lowest BCUT2D eigenvalue weighted by Gasteiger charge is -2.29. The number of rotatable bonds is 25. The molecule has 2 N–H and O–H groups in total. The van der Waals surface area contributed by atoms with Crippen LogP contribution < -0.4 is 9.96 Å². The summed E-state index contributed by atoms with van der Waals surface area (Å²) >= 11 is 0. The summed E-state index contributed by atoms with van der Waals surface area (Å²) in [5.41, 5.74) is 0. The van der Waals surface area contributed by atoms with Crippen LogP contribution in [0, 0.1) is 0 Å². The summed E-state index contributed by atoms with van der Waals surface area (Å²) in [6.07, 6.45) is 2.63. The van der Waals surface area contributed by atoms with Crippen molar-refractivity contribution in [3.63, 3.8) is 0 Å². The zero-order valence-corrected chi connectivity index (χ0v) is 25.5. The highest BCUT2D eigenvalue weighted by molar-refractivity contribution is 6.61. The molecule has 12 heteroatoms. The lowest BCUT2D eigenvalue weighted by atomic mass is 10.5. The summed E-state index contributed by atoms with van der Waals surface area (Å²) in [6.45, 7) is 20.1. The minimum atomic E-state index is -2.58. The van der Waals surface area contributed by atoms with Crippen molar-refractivity contribution in [1.82, 2.24) is 9.96 Å². The Labute approximate surface area is 207 Å². The molecule has 0 bridgehead atoms. The normalized spacial score (nSPS) is 12.7. The van der Waals surface area contributed by atoms with Gasteiger partial charge in [0.2, 0.25) is 9.12 Å². The van der Waals surface area contributed by atoms with E-state index in [-0.39, 0.29) is 0 Å². The van der Waals surface area contributed by atoms with Gasteiger partial charge in [-0.25, -0.2) is 0 Å². The van der Waals surface area contributed by atoms with Crippen molar-refractivity contribution in [1.29, 1.82) is 0 Å². The van der Waals surface area contributed by atoms with Crippen LogP contribution >= 0.6 is 0 Å². The molecule has 0 unspecified atom stereocenters. The molecule has 0 atom stereocenters. The SMILES string of the molecule is CCOC[SiH](NCCC[Si](OCC)(OCC)OCC)NCCC[Si](OCC)(OCC)OCC. The lowest BCUT2D eigenvalue weighted by Crippen LogP contribution is -2.53. The van der Waals surface area contributed by atoms with E-state index in [1.165, 1.54) is 0 Å². The van der Waals surface area contributed by atoms with Crippen molar-refractivity contribution in [2.45, 2.75) is 73.4 Å². The third kappa shape index (κ3) is 15.1. The van der Waals surface area contributed by atoms with Gasteiger partial charge < -0.3 is 41.3 Å². The number of hydrogen-bond acceptors (Lipinski definition) is 9. The van der Waals surface area contributed by atoms with E-state index in [9.17, 15) is 0 Å². The maximum atomic E-state index is 5.96. The zero-order valence-electron chi connectivity index (χ0n) is 22.3. The van der Waals surface area contributed by atoms with Gasteiger partial charge in [0.1, 0.15) is 0 Å². The second-order valence-electron chi connectivity index (χ2n) is 7.29. The Morgan fingerprint density at radius 3 is 1.12 bits per heavy atom. The van der Waals surface area contributed by atoms with Gasteiger partial charge in [-0.3, -0.25) is 0 Å². The van der Waals surface area contributed by atoms with Gasteiger partial charge in [0.05, 0.1) is 6.23 Å². The molecule has 0 rings (SSSR count). The molecule has 0 aliphatic heterocycles. The molecule has 0 fully saturated rings. The van der Waals surface area contributed by atoms with Gasteiger partial charge in [-0.15, -0.1) is 0 Å². The first kappa shape index (κ1) is 33.3. The second kappa shape index (κ2) is 21.6. The maximum Gasteiger partial charge on any atom is 0.500 e. The van der Waals surface area contributed by atoms with Gasteiger partial charge in [-0.05, 0) is 74.4 Å². The molecule has 0 aromatic carbocycles. The summed E-state index contributed by atoms with van der Waals surface area (Å²) in [5.74, 6) is 0. The molecule has 0 saturated carbocycles. The van der Waals surface area contributed by atoms with E-state index in [0.717, 1.165) is 50.9 Å². The molecule has 200 valence electrons. The van der Waals surface area contributed by atoms with Crippen LogP contribution in [-0.4, -0.2) is 92.3 Å². The number of nitrogens with one attached hydrogen (secondary N) is 2. The largest absolute Gasteiger partial charge is 0.500 e. The van der Waals surface area contributed by atoms with Crippen LogP contribution in [0.25, 0.3) is 0 Å². The summed E-state index contributed by atoms with van der Waals surface area (Å²) in [5, 5.41) is 0. The van der Waals surface area contributed by atoms with E-state index < -0.39 is 26.7 Å². The first-order valence-corrected chi connectivity index (χ1v) is 18.7. The highest BCUT2D eigenvalue weighted by Gasteiger charge is 2.40. The molecule has 0 aromatic rings. The minimum absolute atomic E-state index is 0.610. The predicted molar refractivity (Wildman–Crippen MR) is 140 cm³/mol. The average Bonchev–Trinajstić information content (AvgIpc) is 2.78. The van der Waals surface area contributed by atoms with Gasteiger partial charge in [-0.1, -0.05) is 0 Å². The fraction of sp³-hybridized carbons (Fsp3) is 1.00. The predicted octanol–water partition coefficient (Wildman–Crippen LogP) is 2.84. The maximum absolute atomic E-state index is 5.96. The van der Waals surface area contributed by atoms with Crippen LogP contribution in [0.15, 0.2) is 0 Å². The standard InChI is InChI=1S/C21H52N2O7Si3/c1-8-24-21-31(22-17-15-19-32(25-9-2,26-10-3)27-11-4)23-18-16-20-33(28-12-5,29-13-6)30-14-7/h22-23,31H,8-21H2,1-7H3. The van der Waals surface area contributed by atoms with Crippen LogP contribution in [0.2, 0.25) is 12.1 Å². The van der Waals surface area contributed by atoms with Crippen molar-refractivity contribution in [3.05, 3.63) is 0 Å². The minimum Gasteiger partial charge on any atom is -0.382 e. The molecule has 9 nitrogen and oxygen atoms in total. The van der Waals surface area contributed by atoms with E-state index in [4.69, 9.17) is 31.3 Å². The van der Waals surface area contributed by atoms with E-state index >= 15 is 0 Å². The van der Waals surface area contributed by atoms with Crippen molar-refractivity contribution >= 4 is 26.7 Å². The fourth-order valence-corrected chi connectivity index (χ4v) is 10.8. The highest BCUT2D eigenvalue weighted by atomic mass is 28.4. The molecule has 0 aromatic heterocycles. The van der Waals surface area contributed by atoms with Crippen molar-refractivity contribution < 1.29 is 31.3 Å². The van der Waals surface area contributed by atoms with Crippen LogP contribution in [0.5, 0.6) is 0 Å². The Kier molecular flexibility index (Phi) is 21.8. The van der Waals surface area contributed by atoms with E-state index in [1.54, 1.807) is 0 Å². The molecule has 0 aliphatic rings. The Morgan fingerprint density at radius 2 is 0.848 bits per heavy atom. The number of ether oxygens (including phenoxy) is 1. The van der Waals surface area contributed by atoms with E-state index in [0.29, 0.717) is 39.6 Å². The average molecular weight is 529 g/mol. The monoisotopic (exact) mass is 528 g/mol. The van der Waals surface area contributed by atoms with Gasteiger partial charge in [0.25, 0.3) is 0 Å². The van der Waals surface area contributed by atoms with Crippen molar-refractivity contribution in [2.75, 3.05) is 65.6 Å². The third-order valence-electron chi connectivity index (χ3n) is 4.78. The van der Waals surface area contributed by atoms with Gasteiger partial charge in [0, 0.05) is 58.3 Å². The quantitative estimate of drug-likeness (QED) is 0.137. The van der Waals surface area contributed by atoms with Gasteiger partial charge in [0.15, 0.2) is 0 Å². The van der Waals surface area contributed by atoms with Crippen LogP contribution in [0.4, 0.5) is 0 Å². The first-order valence-electron chi connectivity index (χ1n) is 12.9. The summed E-state index contributed by atoms with van der Waals surface area (Å²) in [6, 6.07) is 1.63. The topological polar surface area (TPSA) is 88.7 Å². The summed E-state index contributed by atoms with van der Waals surface area (Å²) in [7, 11) is -6.62. The molecule has 0 spiro atoms. The summed E-state index contributed by atoms with van der Waals surface area (Å²) in [4.78, 5) is 7.41. The lowest BCUT2D eigenvalue weighted by molar-refractivity contribution is 0.0701. The Morgan fingerprint density at radius 1 is 0.515 bits per heavy atom. The van der Waals surface area contributed by atoms with Gasteiger partial charge in [-0.2, -0.15) is 0 Å². The third-order valence-corrected chi connectivity index (χ3v) is 13.2. The molecule has 0 saturated heterocycles. The van der Waals surface area contributed by atoms with Crippen LogP contribution in [0.1, 0.15) is 61.3 Å². The highest BCUT2D eigenvalue weighted by Crippen LogP contribution is 2.19. The molecule has 0 heterocycles. The smallest absolute Gasteiger partial charge is 0.382 e. The van der Waals surface area contributed by atoms with Gasteiger partial charge >= 0.3 is 17.6 Å². The zero-order chi connectivity index (χ0) is 24.8.